The fourth-order valence-electron chi connectivity index (χ4n) is 3.30. The van der Waals surface area contributed by atoms with Crippen molar-refractivity contribution in [1.29, 1.82) is 0 Å². The van der Waals surface area contributed by atoms with Crippen LogP contribution in [0.4, 0.5) is 18.9 Å². The van der Waals surface area contributed by atoms with E-state index in [1.165, 1.54) is 0 Å². The first-order valence-corrected chi connectivity index (χ1v) is 9.09. The topological polar surface area (TPSA) is 45.2 Å². The van der Waals surface area contributed by atoms with Crippen LogP contribution in [-0.2, 0) is 19.3 Å². The second-order valence-electron chi connectivity index (χ2n) is 6.64. The van der Waals surface area contributed by atoms with E-state index in [0.717, 1.165) is 30.7 Å². The highest BCUT2D eigenvalue weighted by Crippen LogP contribution is 2.39. The quantitative estimate of drug-likeness (QED) is 0.703. The highest BCUT2D eigenvalue weighted by Gasteiger charge is 2.39. The smallest absolute Gasteiger partial charge is 0.381 e. The van der Waals surface area contributed by atoms with E-state index in [2.05, 4.69) is 10.3 Å². The monoisotopic (exact) mass is 415 g/mol. The molecule has 1 aromatic heterocycles. The Morgan fingerprint density at radius 2 is 2.00 bits per heavy atom. The minimum absolute atomic E-state index is 0.0845. The fraction of sp³-hybridized carbons (Fsp3) is 0.333. The number of nitrogens with one attached hydrogen (secondary N) is 1. The summed E-state index contributed by atoms with van der Waals surface area (Å²) in [5, 5.41) is 3.00. The molecule has 0 atom stereocenters. The minimum Gasteiger partial charge on any atom is -0.381 e. The van der Waals surface area contributed by atoms with E-state index in [9.17, 15) is 18.0 Å². The SMILES string of the molecule is O=C1c2c(Cl)cc(NCc3c(C(F)(F)F)ccnc3Cl)cc2CN1C1CC1. The van der Waals surface area contributed by atoms with Gasteiger partial charge in [0.25, 0.3) is 5.91 Å². The number of aromatic nitrogens is 1. The third-order valence-electron chi connectivity index (χ3n) is 4.75. The van der Waals surface area contributed by atoms with Crippen LogP contribution in [-0.4, -0.2) is 21.8 Å². The average molecular weight is 416 g/mol. The molecule has 2 aliphatic rings. The Labute approximate surface area is 163 Å². The van der Waals surface area contributed by atoms with Crippen molar-refractivity contribution in [3.63, 3.8) is 0 Å². The van der Waals surface area contributed by atoms with Crippen LogP contribution >= 0.6 is 23.2 Å². The number of benzene rings is 1. The number of hydrogen-bond acceptors (Lipinski definition) is 3. The van der Waals surface area contributed by atoms with Gasteiger partial charge in [0.1, 0.15) is 5.15 Å². The first kappa shape index (κ1) is 18.4. The van der Waals surface area contributed by atoms with Crippen molar-refractivity contribution in [3.05, 3.63) is 56.8 Å². The summed E-state index contributed by atoms with van der Waals surface area (Å²) in [6.07, 6.45) is -1.53. The Morgan fingerprint density at radius 1 is 1.26 bits per heavy atom. The van der Waals surface area contributed by atoms with Crippen molar-refractivity contribution >= 4 is 34.8 Å². The zero-order valence-corrected chi connectivity index (χ0v) is 15.4. The molecule has 1 N–H and O–H groups in total. The summed E-state index contributed by atoms with van der Waals surface area (Å²) >= 11 is 12.1. The predicted molar refractivity (Wildman–Crippen MR) is 95.9 cm³/mol. The number of halogens is 5. The van der Waals surface area contributed by atoms with Crippen molar-refractivity contribution in [1.82, 2.24) is 9.88 Å². The number of hydrogen-bond donors (Lipinski definition) is 1. The van der Waals surface area contributed by atoms with Crippen molar-refractivity contribution in [2.75, 3.05) is 5.32 Å². The second kappa shape index (κ2) is 6.56. The van der Waals surface area contributed by atoms with E-state index in [0.29, 0.717) is 17.8 Å². The van der Waals surface area contributed by atoms with Gasteiger partial charge in [-0.15, -0.1) is 0 Å². The van der Waals surface area contributed by atoms with Crippen molar-refractivity contribution < 1.29 is 18.0 Å². The lowest BCUT2D eigenvalue weighted by atomic mass is 10.1. The number of alkyl halides is 3. The zero-order valence-electron chi connectivity index (χ0n) is 13.9. The number of amides is 1. The Morgan fingerprint density at radius 3 is 2.67 bits per heavy atom. The summed E-state index contributed by atoms with van der Waals surface area (Å²) < 4.78 is 39.6. The molecular formula is C18H14Cl2F3N3O. The molecule has 0 unspecified atom stereocenters. The molecule has 4 nitrogen and oxygen atoms in total. The van der Waals surface area contributed by atoms with Crippen molar-refractivity contribution in [2.24, 2.45) is 0 Å². The predicted octanol–water partition coefficient (Wildman–Crippen LogP) is 5.14. The summed E-state index contributed by atoms with van der Waals surface area (Å²) in [6, 6.07) is 4.46. The first-order valence-electron chi connectivity index (χ1n) is 8.33. The maximum atomic E-state index is 13.2. The van der Waals surface area contributed by atoms with Gasteiger partial charge in [0, 0.05) is 36.6 Å². The molecule has 142 valence electrons. The molecule has 1 amide bonds. The third kappa shape index (κ3) is 3.46. The largest absolute Gasteiger partial charge is 0.416 e. The Bertz CT molecular complexity index is 929. The summed E-state index contributed by atoms with van der Waals surface area (Å²) in [6.45, 7) is 0.298. The lowest BCUT2D eigenvalue weighted by Gasteiger charge is -2.15. The van der Waals surface area contributed by atoms with Crippen LogP contribution in [0.2, 0.25) is 10.2 Å². The molecule has 27 heavy (non-hydrogen) atoms. The molecule has 4 rings (SSSR count). The maximum absolute atomic E-state index is 13.2. The number of carbonyl (C=O) groups excluding carboxylic acids is 1. The average Bonchev–Trinajstić information content (AvgIpc) is 3.37. The van der Waals surface area contributed by atoms with Crippen molar-refractivity contribution in [2.45, 2.75) is 38.1 Å². The molecule has 0 bridgehead atoms. The molecule has 0 radical (unpaired) electrons. The maximum Gasteiger partial charge on any atom is 0.416 e. The van der Waals surface area contributed by atoms with Crippen LogP contribution in [0.1, 0.15) is 39.9 Å². The van der Waals surface area contributed by atoms with Gasteiger partial charge in [-0.05, 0) is 36.6 Å². The number of nitrogens with zero attached hydrogens (tertiary/aromatic N) is 2. The summed E-state index contributed by atoms with van der Waals surface area (Å²) in [7, 11) is 0. The number of rotatable bonds is 4. The normalized spacial score (nSPS) is 16.6. The van der Waals surface area contributed by atoms with E-state index in [1.807, 2.05) is 0 Å². The van der Waals surface area contributed by atoms with E-state index in [-0.39, 0.29) is 34.2 Å². The van der Waals surface area contributed by atoms with Gasteiger partial charge < -0.3 is 10.2 Å². The van der Waals surface area contributed by atoms with Crippen LogP contribution in [0.3, 0.4) is 0 Å². The van der Waals surface area contributed by atoms with Crippen LogP contribution in [0, 0.1) is 0 Å². The standard InChI is InChI=1S/C18H14Cl2F3N3O/c19-14-6-10(5-9-8-26(11-1-2-11)17(27)15(9)14)25-7-12-13(18(21,22)23)3-4-24-16(12)20/h3-6,11,25H,1-2,7-8H2. The first-order chi connectivity index (χ1) is 12.8. The number of carbonyl (C=O) groups is 1. The van der Waals surface area contributed by atoms with E-state index < -0.39 is 11.7 Å². The summed E-state index contributed by atoms with van der Waals surface area (Å²) in [4.78, 5) is 18.0. The van der Waals surface area contributed by atoms with Gasteiger partial charge in [0.05, 0.1) is 16.1 Å². The van der Waals surface area contributed by atoms with E-state index in [1.54, 1.807) is 17.0 Å². The van der Waals surface area contributed by atoms with Gasteiger partial charge in [-0.3, -0.25) is 4.79 Å². The highest BCUT2D eigenvalue weighted by molar-refractivity contribution is 6.34. The molecular weight excluding hydrogens is 402 g/mol. The van der Waals surface area contributed by atoms with Gasteiger partial charge in [0.15, 0.2) is 0 Å². The molecule has 2 aromatic rings. The Kier molecular flexibility index (Phi) is 4.47. The highest BCUT2D eigenvalue weighted by atomic mass is 35.5. The van der Waals surface area contributed by atoms with Crippen LogP contribution in [0.25, 0.3) is 0 Å². The molecule has 1 saturated carbocycles. The van der Waals surface area contributed by atoms with Crippen LogP contribution < -0.4 is 5.32 Å². The molecule has 0 saturated heterocycles. The lowest BCUT2D eigenvalue weighted by molar-refractivity contribution is -0.138. The molecule has 0 spiro atoms. The second-order valence-corrected chi connectivity index (χ2v) is 7.40. The molecule has 9 heteroatoms. The van der Waals surface area contributed by atoms with Gasteiger partial charge in [-0.2, -0.15) is 13.2 Å². The van der Waals surface area contributed by atoms with E-state index >= 15 is 0 Å². The lowest BCUT2D eigenvalue weighted by Crippen LogP contribution is -2.25. The molecule has 1 fully saturated rings. The van der Waals surface area contributed by atoms with E-state index in [4.69, 9.17) is 23.2 Å². The molecule has 2 heterocycles. The van der Waals surface area contributed by atoms with Gasteiger partial charge in [0.2, 0.25) is 0 Å². The zero-order chi connectivity index (χ0) is 19.3. The molecule has 1 aromatic carbocycles. The number of pyridine rings is 1. The van der Waals surface area contributed by atoms with Gasteiger partial charge in [-0.25, -0.2) is 4.98 Å². The minimum atomic E-state index is -4.53. The number of fused-ring (bicyclic) bond motifs is 1. The molecule has 1 aliphatic heterocycles. The third-order valence-corrected chi connectivity index (χ3v) is 5.38. The summed E-state index contributed by atoms with van der Waals surface area (Å²) in [5.74, 6) is -0.0845. The van der Waals surface area contributed by atoms with Gasteiger partial charge >= 0.3 is 6.18 Å². The molecule has 1 aliphatic carbocycles. The Hall–Kier alpha value is -1.99. The van der Waals surface area contributed by atoms with Crippen LogP contribution in [0.5, 0.6) is 0 Å². The fourth-order valence-corrected chi connectivity index (χ4v) is 3.85. The number of anilines is 1. The Balaban J connectivity index is 1.59. The van der Waals surface area contributed by atoms with Crippen LogP contribution in [0.15, 0.2) is 24.4 Å². The van der Waals surface area contributed by atoms with Gasteiger partial charge in [-0.1, -0.05) is 23.2 Å². The van der Waals surface area contributed by atoms with Crippen molar-refractivity contribution in [3.8, 4) is 0 Å². The summed E-state index contributed by atoms with van der Waals surface area (Å²) in [5.41, 5.74) is 0.799.